The van der Waals surface area contributed by atoms with Gasteiger partial charge in [-0.3, -0.25) is 0 Å². The SMILES string of the molecule is CC1CN(S(=O)(=O)c2ccc(C(=O)OCCOc3cccc(Cl)c3)cc2)CC(C)O1. The molecule has 1 saturated heterocycles. The molecule has 1 aliphatic rings. The van der Waals surface area contributed by atoms with Crippen molar-refractivity contribution in [3.8, 4) is 5.75 Å². The molecule has 1 heterocycles. The van der Waals surface area contributed by atoms with Crippen molar-refractivity contribution < 1.29 is 27.4 Å². The Balaban J connectivity index is 1.54. The Labute approximate surface area is 181 Å². The molecule has 30 heavy (non-hydrogen) atoms. The summed E-state index contributed by atoms with van der Waals surface area (Å²) >= 11 is 5.88. The highest BCUT2D eigenvalue weighted by molar-refractivity contribution is 7.89. The van der Waals surface area contributed by atoms with Crippen LogP contribution in [0, 0.1) is 0 Å². The number of hydrogen-bond acceptors (Lipinski definition) is 6. The first-order valence-corrected chi connectivity index (χ1v) is 11.4. The molecule has 2 aromatic carbocycles. The third kappa shape index (κ3) is 5.72. The predicted molar refractivity (Wildman–Crippen MR) is 112 cm³/mol. The van der Waals surface area contributed by atoms with Gasteiger partial charge < -0.3 is 14.2 Å². The Bertz CT molecular complexity index is 969. The molecule has 2 aromatic rings. The molecule has 0 aromatic heterocycles. The zero-order chi connectivity index (χ0) is 21.7. The molecule has 0 aliphatic carbocycles. The quantitative estimate of drug-likeness (QED) is 0.472. The molecule has 2 atom stereocenters. The third-order valence-corrected chi connectivity index (χ3v) is 6.58. The second-order valence-electron chi connectivity index (χ2n) is 7.05. The number of hydrogen-bond donors (Lipinski definition) is 0. The van der Waals surface area contributed by atoms with Gasteiger partial charge in [0.25, 0.3) is 0 Å². The molecular formula is C21H24ClNO6S. The van der Waals surface area contributed by atoms with E-state index in [9.17, 15) is 13.2 Å². The van der Waals surface area contributed by atoms with Crippen molar-refractivity contribution in [3.05, 3.63) is 59.1 Å². The number of nitrogens with zero attached hydrogens (tertiary/aromatic N) is 1. The Morgan fingerprint density at radius 3 is 2.40 bits per heavy atom. The highest BCUT2D eigenvalue weighted by Crippen LogP contribution is 2.22. The van der Waals surface area contributed by atoms with E-state index < -0.39 is 16.0 Å². The zero-order valence-corrected chi connectivity index (χ0v) is 18.4. The maximum atomic E-state index is 12.9. The number of halogens is 1. The first-order chi connectivity index (χ1) is 14.3. The van der Waals surface area contributed by atoms with Crippen LogP contribution in [-0.4, -0.2) is 57.2 Å². The van der Waals surface area contributed by atoms with Gasteiger partial charge >= 0.3 is 5.97 Å². The van der Waals surface area contributed by atoms with E-state index in [2.05, 4.69) is 0 Å². The summed E-state index contributed by atoms with van der Waals surface area (Å²) in [5, 5.41) is 0.556. The summed E-state index contributed by atoms with van der Waals surface area (Å²) in [5.74, 6) is 0.0297. The Hall–Kier alpha value is -2.13. The predicted octanol–water partition coefficient (Wildman–Crippen LogP) is 3.37. The normalized spacial score (nSPS) is 20.0. The molecule has 0 bridgehead atoms. The van der Waals surface area contributed by atoms with E-state index in [1.54, 1.807) is 24.3 Å². The minimum atomic E-state index is -3.65. The molecule has 162 valence electrons. The van der Waals surface area contributed by atoms with Crippen molar-refractivity contribution in [2.45, 2.75) is 31.0 Å². The highest BCUT2D eigenvalue weighted by atomic mass is 35.5. The van der Waals surface area contributed by atoms with Gasteiger partial charge in [0.15, 0.2) is 0 Å². The van der Waals surface area contributed by atoms with E-state index in [1.165, 1.54) is 28.6 Å². The van der Waals surface area contributed by atoms with Gasteiger partial charge in [-0.25, -0.2) is 13.2 Å². The largest absolute Gasteiger partial charge is 0.490 e. The lowest BCUT2D eigenvalue weighted by molar-refractivity contribution is -0.0440. The van der Waals surface area contributed by atoms with Crippen LogP contribution in [0.25, 0.3) is 0 Å². The van der Waals surface area contributed by atoms with E-state index in [1.807, 2.05) is 13.8 Å². The topological polar surface area (TPSA) is 82.1 Å². The summed E-state index contributed by atoms with van der Waals surface area (Å²) in [6, 6.07) is 12.6. The Kier molecular flexibility index (Phi) is 7.36. The summed E-state index contributed by atoms with van der Waals surface area (Å²) < 4.78 is 43.4. The van der Waals surface area contributed by atoms with E-state index in [-0.39, 0.29) is 35.9 Å². The van der Waals surface area contributed by atoms with Crippen LogP contribution >= 0.6 is 11.6 Å². The fourth-order valence-electron chi connectivity index (χ4n) is 3.17. The second-order valence-corrected chi connectivity index (χ2v) is 9.42. The fourth-order valence-corrected chi connectivity index (χ4v) is 4.94. The first kappa shape index (κ1) is 22.6. The van der Waals surface area contributed by atoms with Gasteiger partial charge in [-0.2, -0.15) is 4.31 Å². The lowest BCUT2D eigenvalue weighted by atomic mass is 10.2. The fraction of sp³-hybridized carbons (Fsp3) is 0.381. The average Bonchev–Trinajstić information content (AvgIpc) is 2.70. The molecule has 2 unspecified atom stereocenters. The Morgan fingerprint density at radius 2 is 1.77 bits per heavy atom. The van der Waals surface area contributed by atoms with E-state index in [4.69, 9.17) is 25.8 Å². The van der Waals surface area contributed by atoms with Crippen LogP contribution < -0.4 is 4.74 Å². The van der Waals surface area contributed by atoms with Crippen molar-refractivity contribution in [3.63, 3.8) is 0 Å². The molecule has 0 amide bonds. The summed E-state index contributed by atoms with van der Waals surface area (Å²) in [4.78, 5) is 12.3. The van der Waals surface area contributed by atoms with Crippen molar-refractivity contribution >= 4 is 27.6 Å². The van der Waals surface area contributed by atoms with Crippen LogP contribution in [0.5, 0.6) is 5.75 Å². The van der Waals surface area contributed by atoms with Crippen molar-refractivity contribution in [2.75, 3.05) is 26.3 Å². The summed E-state index contributed by atoms with van der Waals surface area (Å²) in [7, 11) is -3.65. The second kappa shape index (κ2) is 9.78. The first-order valence-electron chi connectivity index (χ1n) is 9.57. The van der Waals surface area contributed by atoms with Gasteiger partial charge in [0.05, 0.1) is 22.7 Å². The maximum Gasteiger partial charge on any atom is 0.338 e. The van der Waals surface area contributed by atoms with Crippen molar-refractivity contribution in [2.24, 2.45) is 0 Å². The van der Waals surface area contributed by atoms with Crippen LogP contribution in [0.15, 0.2) is 53.4 Å². The van der Waals surface area contributed by atoms with E-state index in [0.29, 0.717) is 23.9 Å². The van der Waals surface area contributed by atoms with Gasteiger partial charge in [0.1, 0.15) is 19.0 Å². The summed E-state index contributed by atoms with van der Waals surface area (Å²) in [6.45, 7) is 4.49. The molecule has 1 fully saturated rings. The summed E-state index contributed by atoms with van der Waals surface area (Å²) in [6.07, 6.45) is -0.348. The molecule has 3 rings (SSSR count). The number of ether oxygens (including phenoxy) is 3. The highest BCUT2D eigenvalue weighted by Gasteiger charge is 2.32. The minimum Gasteiger partial charge on any atom is -0.490 e. The van der Waals surface area contributed by atoms with E-state index >= 15 is 0 Å². The monoisotopic (exact) mass is 453 g/mol. The lowest BCUT2D eigenvalue weighted by Gasteiger charge is -2.34. The van der Waals surface area contributed by atoms with E-state index in [0.717, 1.165) is 0 Å². The molecular weight excluding hydrogens is 430 g/mol. The minimum absolute atomic E-state index is 0.0505. The zero-order valence-electron chi connectivity index (χ0n) is 16.8. The molecule has 0 N–H and O–H groups in total. The van der Waals surface area contributed by atoms with Crippen LogP contribution in [0.4, 0.5) is 0 Å². The molecule has 9 heteroatoms. The smallest absolute Gasteiger partial charge is 0.338 e. The van der Waals surface area contributed by atoms with Crippen LogP contribution in [0.3, 0.4) is 0 Å². The van der Waals surface area contributed by atoms with Crippen molar-refractivity contribution in [1.82, 2.24) is 4.31 Å². The van der Waals surface area contributed by atoms with Crippen LogP contribution in [-0.2, 0) is 19.5 Å². The number of sulfonamides is 1. The number of morpholine rings is 1. The molecule has 0 spiro atoms. The standard InChI is InChI=1S/C21H24ClNO6S/c1-15-13-23(14-16(2)29-15)30(25,26)20-8-6-17(7-9-20)21(24)28-11-10-27-19-5-3-4-18(22)12-19/h3-9,12,15-16H,10-11,13-14H2,1-2H3. The van der Waals surface area contributed by atoms with Gasteiger partial charge in [0, 0.05) is 18.1 Å². The van der Waals surface area contributed by atoms with Crippen molar-refractivity contribution in [1.29, 1.82) is 0 Å². The molecule has 1 aliphatic heterocycles. The lowest BCUT2D eigenvalue weighted by Crippen LogP contribution is -2.48. The number of carbonyl (C=O) groups is 1. The van der Waals surface area contributed by atoms with Gasteiger partial charge in [-0.1, -0.05) is 17.7 Å². The van der Waals surface area contributed by atoms with Gasteiger partial charge in [-0.05, 0) is 56.3 Å². The Morgan fingerprint density at radius 1 is 1.10 bits per heavy atom. The molecule has 7 nitrogen and oxygen atoms in total. The number of carbonyl (C=O) groups excluding carboxylic acids is 1. The van der Waals surface area contributed by atoms with Gasteiger partial charge in [0.2, 0.25) is 10.0 Å². The molecule has 0 radical (unpaired) electrons. The van der Waals surface area contributed by atoms with Crippen LogP contribution in [0.2, 0.25) is 5.02 Å². The average molecular weight is 454 g/mol. The molecule has 0 saturated carbocycles. The van der Waals surface area contributed by atoms with Gasteiger partial charge in [-0.15, -0.1) is 0 Å². The number of benzene rings is 2. The maximum absolute atomic E-state index is 12.9. The third-order valence-electron chi connectivity index (χ3n) is 4.50. The summed E-state index contributed by atoms with van der Waals surface area (Å²) in [5.41, 5.74) is 0.264. The number of rotatable bonds is 7. The number of esters is 1. The van der Waals surface area contributed by atoms with Crippen LogP contribution in [0.1, 0.15) is 24.2 Å².